The van der Waals surface area contributed by atoms with E-state index < -0.39 is 0 Å². The first kappa shape index (κ1) is 12.2. The lowest BCUT2D eigenvalue weighted by Gasteiger charge is -2.22. The fraction of sp³-hybridized carbons (Fsp3) is 0.615. The van der Waals surface area contributed by atoms with Crippen molar-refractivity contribution in [2.45, 2.75) is 25.7 Å². The van der Waals surface area contributed by atoms with Crippen LogP contribution in [0.4, 0.5) is 0 Å². The molecule has 4 heteroatoms. The average Bonchev–Trinajstić information content (AvgIpc) is 2.38. The molecule has 0 unspecified atom stereocenters. The van der Waals surface area contributed by atoms with Gasteiger partial charge in [0.1, 0.15) is 0 Å². The van der Waals surface area contributed by atoms with Crippen LogP contribution in [0.3, 0.4) is 0 Å². The second kappa shape index (κ2) is 6.45. The molecule has 0 aliphatic carbocycles. The Labute approximate surface area is 102 Å². The molecule has 2 N–H and O–H groups in total. The van der Waals surface area contributed by atoms with Gasteiger partial charge >= 0.3 is 0 Å². The van der Waals surface area contributed by atoms with Crippen molar-refractivity contribution in [3.63, 3.8) is 0 Å². The third-order valence-corrected chi connectivity index (χ3v) is 3.15. The molecule has 1 aliphatic heterocycles. The number of hydrogen-bond donors (Lipinski definition) is 2. The Balaban J connectivity index is 1.64. The number of nitrogens with one attached hydrogen (secondary N) is 1. The number of rotatable bonds is 5. The maximum atomic E-state index is 9.46. The van der Waals surface area contributed by atoms with Crippen LogP contribution in [0.1, 0.15) is 25.7 Å². The number of pyridine rings is 1. The SMILES string of the molecule is Oc1cccnc1OCCC[C@@H]1CCCNC1. The predicted octanol–water partition coefficient (Wildman–Crippen LogP) is 1.95. The third kappa shape index (κ3) is 3.89. The molecule has 1 aromatic rings. The molecule has 1 atom stereocenters. The normalized spacial score (nSPS) is 20.1. The number of hydrogen-bond acceptors (Lipinski definition) is 4. The van der Waals surface area contributed by atoms with Crippen molar-refractivity contribution in [3.05, 3.63) is 18.3 Å². The van der Waals surface area contributed by atoms with E-state index in [1.54, 1.807) is 18.3 Å². The largest absolute Gasteiger partial charge is 0.503 e. The minimum Gasteiger partial charge on any atom is -0.503 e. The maximum absolute atomic E-state index is 9.46. The summed E-state index contributed by atoms with van der Waals surface area (Å²) < 4.78 is 5.45. The molecule has 1 fully saturated rings. The zero-order chi connectivity index (χ0) is 11.9. The zero-order valence-corrected chi connectivity index (χ0v) is 10.1. The van der Waals surface area contributed by atoms with Gasteiger partial charge in [-0.25, -0.2) is 4.98 Å². The fourth-order valence-corrected chi connectivity index (χ4v) is 2.20. The van der Waals surface area contributed by atoms with E-state index in [0.29, 0.717) is 12.5 Å². The Bertz CT molecular complexity index is 338. The van der Waals surface area contributed by atoms with Crippen LogP contribution in [-0.4, -0.2) is 29.8 Å². The van der Waals surface area contributed by atoms with Crippen molar-refractivity contribution < 1.29 is 9.84 Å². The zero-order valence-electron chi connectivity index (χ0n) is 10.1. The molecule has 2 rings (SSSR count). The van der Waals surface area contributed by atoms with Crippen LogP contribution in [0.2, 0.25) is 0 Å². The molecule has 0 aromatic carbocycles. The minimum atomic E-state index is 0.117. The van der Waals surface area contributed by atoms with Crippen LogP contribution in [0.25, 0.3) is 0 Å². The van der Waals surface area contributed by atoms with Gasteiger partial charge in [-0.15, -0.1) is 0 Å². The van der Waals surface area contributed by atoms with Gasteiger partial charge in [0, 0.05) is 6.20 Å². The molecule has 0 radical (unpaired) electrons. The lowest BCUT2D eigenvalue weighted by molar-refractivity contribution is 0.258. The van der Waals surface area contributed by atoms with E-state index in [0.717, 1.165) is 25.4 Å². The maximum Gasteiger partial charge on any atom is 0.256 e. The minimum absolute atomic E-state index is 0.117. The van der Waals surface area contributed by atoms with Gasteiger partial charge in [-0.2, -0.15) is 0 Å². The van der Waals surface area contributed by atoms with E-state index >= 15 is 0 Å². The summed E-state index contributed by atoms with van der Waals surface area (Å²) in [7, 11) is 0. The first-order chi connectivity index (χ1) is 8.36. The number of nitrogens with zero attached hydrogens (tertiary/aromatic N) is 1. The summed E-state index contributed by atoms with van der Waals surface area (Å²) in [5.74, 6) is 1.24. The Morgan fingerprint density at radius 2 is 2.47 bits per heavy atom. The van der Waals surface area contributed by atoms with E-state index in [9.17, 15) is 5.11 Å². The summed E-state index contributed by atoms with van der Waals surface area (Å²) in [5.41, 5.74) is 0. The van der Waals surface area contributed by atoms with Crippen molar-refractivity contribution in [3.8, 4) is 11.6 Å². The van der Waals surface area contributed by atoms with Crippen molar-refractivity contribution >= 4 is 0 Å². The topological polar surface area (TPSA) is 54.4 Å². The lowest BCUT2D eigenvalue weighted by Crippen LogP contribution is -2.29. The first-order valence-electron chi connectivity index (χ1n) is 6.34. The van der Waals surface area contributed by atoms with Crippen LogP contribution < -0.4 is 10.1 Å². The Hall–Kier alpha value is -1.29. The van der Waals surface area contributed by atoms with Gasteiger partial charge in [-0.05, 0) is 56.8 Å². The van der Waals surface area contributed by atoms with Crippen LogP contribution in [0, 0.1) is 5.92 Å². The molecular weight excluding hydrogens is 216 g/mol. The first-order valence-corrected chi connectivity index (χ1v) is 6.34. The molecule has 0 saturated carbocycles. The summed E-state index contributed by atoms with van der Waals surface area (Å²) in [4.78, 5) is 3.98. The molecule has 0 spiro atoms. The van der Waals surface area contributed by atoms with E-state index in [2.05, 4.69) is 10.3 Å². The number of ether oxygens (including phenoxy) is 1. The quantitative estimate of drug-likeness (QED) is 0.767. The number of piperidine rings is 1. The van der Waals surface area contributed by atoms with E-state index in [-0.39, 0.29) is 5.75 Å². The van der Waals surface area contributed by atoms with Gasteiger partial charge in [-0.3, -0.25) is 0 Å². The summed E-state index contributed by atoms with van der Waals surface area (Å²) in [6.07, 6.45) is 6.43. The monoisotopic (exact) mass is 236 g/mol. The van der Waals surface area contributed by atoms with Gasteiger partial charge in [0.2, 0.25) is 0 Å². The van der Waals surface area contributed by atoms with E-state index in [1.807, 2.05) is 0 Å². The summed E-state index contributed by atoms with van der Waals surface area (Å²) in [6, 6.07) is 3.28. The molecule has 1 saturated heterocycles. The summed E-state index contributed by atoms with van der Waals surface area (Å²) in [5, 5.41) is 12.9. The predicted molar refractivity (Wildman–Crippen MR) is 66.2 cm³/mol. The van der Waals surface area contributed by atoms with Gasteiger partial charge in [-0.1, -0.05) is 0 Å². The Morgan fingerprint density at radius 3 is 3.24 bits per heavy atom. The van der Waals surface area contributed by atoms with E-state index in [4.69, 9.17) is 4.74 Å². The second-order valence-electron chi connectivity index (χ2n) is 4.53. The van der Waals surface area contributed by atoms with Crippen LogP contribution >= 0.6 is 0 Å². The summed E-state index contributed by atoms with van der Waals surface area (Å²) in [6.45, 7) is 2.92. The molecule has 1 aromatic heterocycles. The van der Waals surface area contributed by atoms with Crippen molar-refractivity contribution in [1.82, 2.24) is 10.3 Å². The van der Waals surface area contributed by atoms with Crippen LogP contribution in [0.15, 0.2) is 18.3 Å². The Morgan fingerprint density at radius 1 is 1.53 bits per heavy atom. The molecule has 1 aliphatic rings. The molecule has 0 bridgehead atoms. The van der Waals surface area contributed by atoms with Crippen LogP contribution in [0.5, 0.6) is 11.6 Å². The van der Waals surface area contributed by atoms with Crippen LogP contribution in [-0.2, 0) is 0 Å². The van der Waals surface area contributed by atoms with Gasteiger partial charge in [0.25, 0.3) is 5.88 Å². The molecule has 17 heavy (non-hydrogen) atoms. The number of aromatic nitrogens is 1. The molecule has 0 amide bonds. The standard InChI is InChI=1S/C13H20N2O2/c16-12-6-2-8-15-13(12)17-9-3-5-11-4-1-7-14-10-11/h2,6,8,11,14,16H,1,3-5,7,9-10H2/t11-/m0/s1. The number of aromatic hydroxyl groups is 1. The van der Waals surface area contributed by atoms with Gasteiger partial charge in [0.15, 0.2) is 5.75 Å². The highest BCUT2D eigenvalue weighted by molar-refractivity contribution is 5.30. The molecule has 2 heterocycles. The highest BCUT2D eigenvalue weighted by atomic mass is 16.5. The van der Waals surface area contributed by atoms with Gasteiger partial charge in [0.05, 0.1) is 6.61 Å². The molecule has 94 valence electrons. The van der Waals surface area contributed by atoms with E-state index in [1.165, 1.54) is 19.3 Å². The van der Waals surface area contributed by atoms with Crippen molar-refractivity contribution in [2.75, 3.05) is 19.7 Å². The highest BCUT2D eigenvalue weighted by Gasteiger charge is 2.12. The Kier molecular flexibility index (Phi) is 4.62. The summed E-state index contributed by atoms with van der Waals surface area (Å²) >= 11 is 0. The molecule has 4 nitrogen and oxygen atoms in total. The molecular formula is C13H20N2O2. The third-order valence-electron chi connectivity index (χ3n) is 3.15. The second-order valence-corrected chi connectivity index (χ2v) is 4.53. The van der Waals surface area contributed by atoms with Crippen molar-refractivity contribution in [1.29, 1.82) is 0 Å². The highest BCUT2D eigenvalue weighted by Crippen LogP contribution is 2.22. The van der Waals surface area contributed by atoms with Crippen molar-refractivity contribution in [2.24, 2.45) is 5.92 Å². The fourth-order valence-electron chi connectivity index (χ4n) is 2.20. The smallest absolute Gasteiger partial charge is 0.256 e. The average molecular weight is 236 g/mol. The lowest BCUT2D eigenvalue weighted by atomic mass is 9.95. The van der Waals surface area contributed by atoms with Gasteiger partial charge < -0.3 is 15.2 Å².